The van der Waals surface area contributed by atoms with Crippen molar-refractivity contribution in [1.82, 2.24) is 0 Å². The van der Waals surface area contributed by atoms with Gasteiger partial charge >= 0.3 is 6.18 Å². The van der Waals surface area contributed by atoms with Crippen LogP contribution in [0.4, 0.5) is 30.2 Å². The standard InChI is InChI=1S/C11H8F3N3O3/c12-11(13,14)10-4-3-9(18)16(10)8-5-6(17(19)20)1-2-7(8)15-10/h1-2,5,15H,3-4H2/t10-/m0/s1. The molecule has 1 aromatic carbocycles. The normalized spacial score (nSPS) is 24.4. The summed E-state index contributed by atoms with van der Waals surface area (Å²) in [7, 11) is 0. The topological polar surface area (TPSA) is 75.5 Å². The van der Waals surface area contributed by atoms with Crippen molar-refractivity contribution in [2.75, 3.05) is 10.2 Å². The first-order chi connectivity index (χ1) is 9.26. The second-order valence-electron chi connectivity index (χ2n) is 4.67. The maximum Gasteiger partial charge on any atom is 0.430 e. The highest BCUT2D eigenvalue weighted by molar-refractivity contribution is 6.04. The monoisotopic (exact) mass is 287 g/mol. The molecule has 0 aliphatic carbocycles. The number of nitro groups is 1. The maximum atomic E-state index is 13.3. The number of rotatable bonds is 1. The fourth-order valence-electron chi connectivity index (χ4n) is 2.67. The van der Waals surface area contributed by atoms with Gasteiger partial charge in [0, 0.05) is 25.0 Å². The lowest BCUT2D eigenvalue weighted by atomic mass is 10.1. The summed E-state index contributed by atoms with van der Waals surface area (Å²) in [5.74, 6) is -0.700. The number of hydrogen-bond acceptors (Lipinski definition) is 4. The summed E-state index contributed by atoms with van der Waals surface area (Å²) in [6.07, 6.45) is -5.35. The van der Waals surface area contributed by atoms with Crippen molar-refractivity contribution in [3.8, 4) is 0 Å². The Hall–Kier alpha value is -2.32. The molecule has 0 bridgehead atoms. The zero-order chi connectivity index (χ0) is 14.7. The fourth-order valence-corrected chi connectivity index (χ4v) is 2.67. The molecule has 0 radical (unpaired) electrons. The lowest BCUT2D eigenvalue weighted by Gasteiger charge is -2.33. The first kappa shape index (κ1) is 12.7. The predicted octanol–water partition coefficient (Wildman–Crippen LogP) is 2.41. The highest BCUT2D eigenvalue weighted by Crippen LogP contribution is 2.53. The molecule has 1 saturated heterocycles. The van der Waals surface area contributed by atoms with E-state index in [0.29, 0.717) is 4.90 Å². The minimum atomic E-state index is -4.67. The Bertz CT molecular complexity index is 631. The van der Waals surface area contributed by atoms with Crippen LogP contribution in [0.5, 0.6) is 0 Å². The third-order valence-electron chi connectivity index (χ3n) is 3.58. The average molecular weight is 287 g/mol. The molecule has 1 aromatic rings. The number of carbonyl (C=O) groups is 1. The van der Waals surface area contributed by atoms with Crippen LogP contribution in [0.2, 0.25) is 0 Å². The second-order valence-corrected chi connectivity index (χ2v) is 4.67. The number of nitrogens with one attached hydrogen (secondary N) is 1. The van der Waals surface area contributed by atoms with Crippen molar-refractivity contribution in [3.05, 3.63) is 28.3 Å². The van der Waals surface area contributed by atoms with Crippen molar-refractivity contribution >= 4 is 23.0 Å². The Morgan fingerprint density at radius 2 is 2.10 bits per heavy atom. The Morgan fingerprint density at radius 1 is 1.40 bits per heavy atom. The molecule has 20 heavy (non-hydrogen) atoms. The van der Waals surface area contributed by atoms with Gasteiger partial charge in [0.25, 0.3) is 5.69 Å². The van der Waals surface area contributed by atoms with Gasteiger partial charge in [0.1, 0.15) is 0 Å². The molecule has 1 fully saturated rings. The third-order valence-corrected chi connectivity index (χ3v) is 3.58. The van der Waals surface area contributed by atoms with Gasteiger partial charge in [-0.05, 0) is 6.07 Å². The van der Waals surface area contributed by atoms with Crippen LogP contribution in [0.3, 0.4) is 0 Å². The van der Waals surface area contributed by atoms with Gasteiger partial charge < -0.3 is 5.32 Å². The number of halogens is 3. The minimum Gasteiger partial charge on any atom is -0.353 e. The van der Waals surface area contributed by atoms with Crippen LogP contribution in [0.1, 0.15) is 12.8 Å². The lowest BCUT2D eigenvalue weighted by molar-refractivity contribution is -0.384. The SMILES string of the molecule is O=C1CC[C@]2(C(F)(F)F)Nc3ccc([N+](=O)[O-])cc3N12. The number of non-ortho nitro benzene ring substituents is 1. The maximum absolute atomic E-state index is 13.3. The van der Waals surface area contributed by atoms with E-state index in [1.165, 1.54) is 6.07 Å². The number of benzene rings is 1. The van der Waals surface area contributed by atoms with Crippen LogP contribution in [-0.2, 0) is 4.79 Å². The van der Waals surface area contributed by atoms with Gasteiger partial charge in [0.2, 0.25) is 11.6 Å². The minimum absolute atomic E-state index is 0.0703. The van der Waals surface area contributed by atoms with Crippen molar-refractivity contribution < 1.29 is 22.9 Å². The molecular formula is C11H8F3N3O3. The lowest BCUT2D eigenvalue weighted by Crippen LogP contribution is -2.58. The zero-order valence-electron chi connectivity index (χ0n) is 9.90. The predicted molar refractivity (Wildman–Crippen MR) is 62.2 cm³/mol. The Kier molecular flexibility index (Phi) is 2.30. The number of alkyl halides is 3. The van der Waals surface area contributed by atoms with Crippen LogP contribution in [0, 0.1) is 10.1 Å². The molecule has 6 nitrogen and oxygen atoms in total. The smallest absolute Gasteiger partial charge is 0.353 e. The van der Waals surface area contributed by atoms with Crippen LogP contribution in [0.15, 0.2) is 18.2 Å². The Labute approximate surface area is 110 Å². The van der Waals surface area contributed by atoms with E-state index in [0.717, 1.165) is 12.1 Å². The van der Waals surface area contributed by atoms with E-state index in [9.17, 15) is 28.1 Å². The fraction of sp³-hybridized carbons (Fsp3) is 0.364. The van der Waals surface area contributed by atoms with E-state index >= 15 is 0 Å². The van der Waals surface area contributed by atoms with Crippen LogP contribution in [-0.4, -0.2) is 22.7 Å². The summed E-state index contributed by atoms with van der Waals surface area (Å²) in [6, 6.07) is 3.27. The van der Waals surface area contributed by atoms with E-state index in [2.05, 4.69) is 5.32 Å². The van der Waals surface area contributed by atoms with E-state index < -0.39 is 29.1 Å². The van der Waals surface area contributed by atoms with Crippen molar-refractivity contribution in [2.45, 2.75) is 24.7 Å². The molecule has 1 atom stereocenters. The van der Waals surface area contributed by atoms with Crippen LogP contribution in [0.25, 0.3) is 0 Å². The van der Waals surface area contributed by atoms with Crippen molar-refractivity contribution in [3.63, 3.8) is 0 Å². The Balaban J connectivity index is 2.17. The van der Waals surface area contributed by atoms with Crippen LogP contribution >= 0.6 is 0 Å². The van der Waals surface area contributed by atoms with Gasteiger partial charge in [-0.1, -0.05) is 0 Å². The molecular weight excluding hydrogens is 279 g/mol. The molecule has 2 aliphatic heterocycles. The molecule has 9 heteroatoms. The van der Waals surface area contributed by atoms with E-state index in [1.54, 1.807) is 0 Å². The molecule has 2 aliphatic rings. The highest BCUT2D eigenvalue weighted by Gasteiger charge is 2.67. The summed E-state index contributed by atoms with van der Waals surface area (Å²) >= 11 is 0. The van der Waals surface area contributed by atoms with Gasteiger partial charge in [-0.2, -0.15) is 13.2 Å². The molecule has 0 saturated carbocycles. The number of anilines is 2. The quantitative estimate of drug-likeness (QED) is 0.635. The van der Waals surface area contributed by atoms with Gasteiger partial charge in [-0.3, -0.25) is 19.8 Å². The molecule has 0 unspecified atom stereocenters. The van der Waals surface area contributed by atoms with Crippen molar-refractivity contribution in [2.24, 2.45) is 0 Å². The number of carbonyl (C=O) groups excluding carboxylic acids is 1. The largest absolute Gasteiger partial charge is 0.430 e. The van der Waals surface area contributed by atoms with Gasteiger partial charge in [0.15, 0.2) is 0 Å². The second kappa shape index (κ2) is 3.62. The first-order valence-electron chi connectivity index (χ1n) is 5.73. The number of nitro benzene ring substituents is 1. The molecule has 1 amide bonds. The highest BCUT2D eigenvalue weighted by atomic mass is 19.4. The van der Waals surface area contributed by atoms with Gasteiger partial charge in [-0.25, -0.2) is 0 Å². The number of nitrogens with zero attached hydrogens (tertiary/aromatic N) is 2. The summed E-state index contributed by atoms with van der Waals surface area (Å²) in [5, 5.41) is 13.0. The summed E-state index contributed by atoms with van der Waals surface area (Å²) in [4.78, 5) is 22.4. The van der Waals surface area contributed by atoms with Crippen LogP contribution < -0.4 is 10.2 Å². The molecule has 0 spiro atoms. The average Bonchev–Trinajstić information content (AvgIpc) is 2.84. The number of amides is 1. The summed E-state index contributed by atoms with van der Waals surface area (Å²) < 4.78 is 39.9. The summed E-state index contributed by atoms with van der Waals surface area (Å²) in [5.41, 5.74) is -2.87. The molecule has 0 aromatic heterocycles. The summed E-state index contributed by atoms with van der Waals surface area (Å²) in [6.45, 7) is 0. The molecule has 106 valence electrons. The Morgan fingerprint density at radius 3 is 2.70 bits per heavy atom. The molecule has 1 N–H and O–H groups in total. The zero-order valence-corrected chi connectivity index (χ0v) is 9.90. The van der Waals surface area contributed by atoms with Crippen molar-refractivity contribution in [1.29, 1.82) is 0 Å². The van der Waals surface area contributed by atoms with Gasteiger partial charge in [0.05, 0.1) is 16.3 Å². The molecule has 2 heterocycles. The molecule has 3 rings (SSSR count). The number of fused-ring (bicyclic) bond motifs is 3. The van der Waals surface area contributed by atoms with E-state index in [4.69, 9.17) is 0 Å². The van der Waals surface area contributed by atoms with E-state index in [-0.39, 0.29) is 23.5 Å². The first-order valence-corrected chi connectivity index (χ1v) is 5.73. The number of hydrogen-bond donors (Lipinski definition) is 1. The van der Waals surface area contributed by atoms with Gasteiger partial charge in [-0.15, -0.1) is 0 Å². The van der Waals surface area contributed by atoms with E-state index in [1.807, 2.05) is 0 Å². The third kappa shape index (κ3) is 1.43.